The van der Waals surface area contributed by atoms with Gasteiger partial charge in [-0.1, -0.05) is 11.3 Å². The van der Waals surface area contributed by atoms with Crippen LogP contribution in [0.2, 0.25) is 0 Å². The van der Waals surface area contributed by atoms with Crippen LogP contribution >= 0.6 is 22.9 Å². The number of anilines is 1. The summed E-state index contributed by atoms with van der Waals surface area (Å²) < 4.78 is 0. The molecule has 2 fully saturated rings. The van der Waals surface area contributed by atoms with Gasteiger partial charge in [-0.2, -0.15) is 0 Å². The molecule has 2 aliphatic rings. The van der Waals surface area contributed by atoms with Crippen molar-refractivity contribution in [2.24, 2.45) is 0 Å². The lowest BCUT2D eigenvalue weighted by atomic mass is 10.4. The fraction of sp³-hybridized carbons (Fsp3) is 0.667. The summed E-state index contributed by atoms with van der Waals surface area (Å²) in [5.74, 6) is 0.661. The molecule has 0 bridgehead atoms. The predicted molar refractivity (Wildman–Crippen MR) is 58.5 cm³/mol. The molecule has 1 aliphatic carbocycles. The maximum absolute atomic E-state index is 11.6. The van der Waals surface area contributed by atoms with E-state index in [-0.39, 0.29) is 11.3 Å². The van der Waals surface area contributed by atoms with Gasteiger partial charge in [0.15, 0.2) is 0 Å². The lowest BCUT2D eigenvalue weighted by Crippen LogP contribution is -2.24. The molecule has 15 heavy (non-hydrogen) atoms. The summed E-state index contributed by atoms with van der Waals surface area (Å²) in [4.78, 5) is 13.2. The lowest BCUT2D eigenvalue weighted by Gasteiger charge is -2.09. The Morgan fingerprint density at radius 3 is 2.80 bits per heavy atom. The van der Waals surface area contributed by atoms with E-state index in [0.717, 1.165) is 5.01 Å². The van der Waals surface area contributed by atoms with Crippen molar-refractivity contribution in [3.05, 3.63) is 5.01 Å². The van der Waals surface area contributed by atoms with Gasteiger partial charge in [0.1, 0.15) is 5.01 Å². The second-order valence-corrected chi connectivity index (χ2v) is 5.61. The van der Waals surface area contributed by atoms with Crippen molar-refractivity contribution in [1.82, 2.24) is 10.2 Å². The van der Waals surface area contributed by atoms with E-state index in [2.05, 4.69) is 10.2 Å². The molecule has 0 N–H and O–H groups in total. The first-order chi connectivity index (χ1) is 7.24. The van der Waals surface area contributed by atoms with E-state index in [4.69, 9.17) is 11.6 Å². The van der Waals surface area contributed by atoms with E-state index in [1.54, 1.807) is 4.90 Å². The Morgan fingerprint density at radius 2 is 2.20 bits per heavy atom. The van der Waals surface area contributed by atoms with Gasteiger partial charge in [-0.05, 0) is 12.8 Å². The number of carbonyl (C=O) groups excluding carboxylic acids is 1. The molecule has 1 saturated carbocycles. The van der Waals surface area contributed by atoms with Crippen LogP contribution in [-0.4, -0.2) is 28.0 Å². The first-order valence-corrected chi connectivity index (χ1v) is 6.27. The zero-order valence-electron chi connectivity index (χ0n) is 8.02. The first kappa shape index (κ1) is 9.54. The molecule has 0 radical (unpaired) electrons. The molecule has 1 aliphatic heterocycles. The van der Waals surface area contributed by atoms with Crippen LogP contribution < -0.4 is 4.90 Å². The van der Waals surface area contributed by atoms with Gasteiger partial charge in [0.2, 0.25) is 11.0 Å². The molecule has 6 heteroatoms. The highest BCUT2D eigenvalue weighted by atomic mass is 35.5. The summed E-state index contributed by atoms with van der Waals surface area (Å²) in [6.07, 6.45) is 2.83. The number of halogens is 1. The van der Waals surface area contributed by atoms with Crippen LogP contribution in [0, 0.1) is 0 Å². The Kier molecular flexibility index (Phi) is 2.17. The van der Waals surface area contributed by atoms with Crippen LogP contribution in [0.4, 0.5) is 5.13 Å². The average molecular weight is 244 g/mol. The molecule has 0 spiro atoms. The third-order valence-corrected chi connectivity index (χ3v) is 4.07. The molecule has 0 aromatic carbocycles. The summed E-state index contributed by atoms with van der Waals surface area (Å²) >= 11 is 7.46. The first-order valence-electron chi connectivity index (χ1n) is 5.02. The summed E-state index contributed by atoms with van der Waals surface area (Å²) in [5.41, 5.74) is 0. The minimum absolute atomic E-state index is 0.0634. The molecule has 1 saturated heterocycles. The summed E-state index contributed by atoms with van der Waals surface area (Å²) in [5, 5.41) is 9.87. The summed E-state index contributed by atoms with van der Waals surface area (Å²) in [6.45, 7) is 0.569. The van der Waals surface area contributed by atoms with Gasteiger partial charge < -0.3 is 0 Å². The predicted octanol–water partition coefficient (Wildman–Crippen LogP) is 1.76. The van der Waals surface area contributed by atoms with Gasteiger partial charge in [0.05, 0.1) is 5.38 Å². The number of nitrogens with zero attached hydrogens (tertiary/aromatic N) is 3. The van der Waals surface area contributed by atoms with E-state index >= 15 is 0 Å². The summed E-state index contributed by atoms with van der Waals surface area (Å²) in [6, 6.07) is 0. The van der Waals surface area contributed by atoms with Gasteiger partial charge in [0.25, 0.3) is 0 Å². The van der Waals surface area contributed by atoms with Crippen molar-refractivity contribution in [1.29, 1.82) is 0 Å². The van der Waals surface area contributed by atoms with E-state index in [1.807, 2.05) is 0 Å². The molecule has 1 amide bonds. The molecule has 3 rings (SSSR count). The molecule has 1 aromatic heterocycles. The maximum Gasteiger partial charge on any atom is 0.230 e. The monoisotopic (exact) mass is 243 g/mol. The molecule has 4 nitrogen and oxygen atoms in total. The van der Waals surface area contributed by atoms with E-state index in [9.17, 15) is 4.79 Å². The normalized spacial score (nSPS) is 26.3. The number of carbonyl (C=O) groups is 1. The third-order valence-electron chi connectivity index (χ3n) is 2.67. The van der Waals surface area contributed by atoms with Crippen molar-refractivity contribution >= 4 is 34.0 Å². The van der Waals surface area contributed by atoms with Gasteiger partial charge in [-0.15, -0.1) is 21.8 Å². The van der Waals surface area contributed by atoms with Gasteiger partial charge in [0, 0.05) is 18.9 Å². The number of aromatic nitrogens is 2. The third kappa shape index (κ3) is 1.74. The smallest absolute Gasteiger partial charge is 0.230 e. The van der Waals surface area contributed by atoms with Crippen LogP contribution in [0.3, 0.4) is 0 Å². The Bertz CT molecular complexity index is 404. The molecular weight excluding hydrogens is 234 g/mol. The molecule has 1 aromatic rings. The Balaban J connectivity index is 1.82. The standard InChI is InChI=1S/C9H10ClN3OS/c10-6-3-7(14)13(4-6)9-12-11-8(15-9)5-1-2-5/h5-6H,1-4H2. The number of rotatable bonds is 2. The molecule has 2 heterocycles. The Labute approximate surface area is 96.2 Å². The second kappa shape index (κ2) is 3.42. The second-order valence-electron chi connectivity index (χ2n) is 4.00. The highest BCUT2D eigenvalue weighted by molar-refractivity contribution is 7.15. The zero-order valence-corrected chi connectivity index (χ0v) is 9.59. The largest absolute Gasteiger partial charge is 0.285 e. The maximum atomic E-state index is 11.6. The van der Waals surface area contributed by atoms with E-state index in [1.165, 1.54) is 24.2 Å². The fourth-order valence-corrected chi connectivity index (χ4v) is 2.99. The van der Waals surface area contributed by atoms with E-state index in [0.29, 0.717) is 24.0 Å². The quantitative estimate of drug-likeness (QED) is 0.744. The number of hydrogen-bond donors (Lipinski definition) is 0. The Morgan fingerprint density at radius 1 is 1.40 bits per heavy atom. The van der Waals surface area contributed by atoms with Crippen molar-refractivity contribution < 1.29 is 4.79 Å². The fourth-order valence-electron chi connectivity index (χ4n) is 1.68. The minimum atomic E-state index is -0.0780. The van der Waals surface area contributed by atoms with Crippen LogP contribution in [0.1, 0.15) is 30.2 Å². The lowest BCUT2D eigenvalue weighted by molar-refractivity contribution is -0.117. The molecular formula is C9H10ClN3OS. The average Bonchev–Trinajstić information content (AvgIpc) is 2.83. The molecule has 80 valence electrons. The van der Waals surface area contributed by atoms with E-state index < -0.39 is 0 Å². The van der Waals surface area contributed by atoms with Crippen LogP contribution in [0.25, 0.3) is 0 Å². The van der Waals surface area contributed by atoms with Gasteiger partial charge >= 0.3 is 0 Å². The number of hydrogen-bond acceptors (Lipinski definition) is 4. The van der Waals surface area contributed by atoms with Crippen LogP contribution in [0.15, 0.2) is 0 Å². The van der Waals surface area contributed by atoms with Crippen molar-refractivity contribution in [2.75, 3.05) is 11.4 Å². The number of amides is 1. The van der Waals surface area contributed by atoms with Crippen molar-refractivity contribution in [2.45, 2.75) is 30.6 Å². The van der Waals surface area contributed by atoms with Gasteiger partial charge in [-0.3, -0.25) is 9.69 Å². The summed E-state index contributed by atoms with van der Waals surface area (Å²) in [7, 11) is 0. The highest BCUT2D eigenvalue weighted by Crippen LogP contribution is 2.43. The van der Waals surface area contributed by atoms with Crippen LogP contribution in [0.5, 0.6) is 0 Å². The molecule has 1 unspecified atom stereocenters. The SMILES string of the molecule is O=C1CC(Cl)CN1c1nnc(C2CC2)s1. The van der Waals surface area contributed by atoms with Gasteiger partial charge in [-0.25, -0.2) is 0 Å². The van der Waals surface area contributed by atoms with Crippen LogP contribution in [-0.2, 0) is 4.79 Å². The molecule has 1 atom stereocenters. The Hall–Kier alpha value is -0.680. The number of alkyl halides is 1. The van der Waals surface area contributed by atoms with Crippen molar-refractivity contribution in [3.8, 4) is 0 Å². The minimum Gasteiger partial charge on any atom is -0.285 e. The highest BCUT2D eigenvalue weighted by Gasteiger charge is 2.33. The topological polar surface area (TPSA) is 46.1 Å². The van der Waals surface area contributed by atoms with Crippen molar-refractivity contribution in [3.63, 3.8) is 0 Å². The zero-order chi connectivity index (χ0) is 10.4.